The van der Waals surface area contributed by atoms with Crippen molar-refractivity contribution in [2.45, 2.75) is 6.04 Å². The molecule has 1 unspecified atom stereocenters. The molecular weight excluding hydrogens is 524 g/mol. The average molecular weight is 545 g/mol. The summed E-state index contributed by atoms with van der Waals surface area (Å²) in [5, 5.41) is 21.2. The number of Topliss-reactive ketones (excluding diaryl/α,β-unsaturated/α-hetero) is 1. The second-order valence-electron chi connectivity index (χ2n) is 8.55. The molecule has 1 atom stereocenters. The number of nitrogens with zero attached hydrogens (tertiary/aromatic N) is 2. The number of fused-ring (bicyclic) bond motifs is 1. The lowest BCUT2D eigenvalue weighted by Gasteiger charge is -2.28. The highest BCUT2D eigenvalue weighted by atomic mass is 35.5. The number of furan rings is 1. The number of ether oxygens (including phenoxy) is 3. The summed E-state index contributed by atoms with van der Waals surface area (Å²) in [7, 11) is 4.34. The standard InChI is InChI=1S/C29H21ClN2O7/c1-36-20-6-4-5-19(28(20)38-3)24-23(26(34)29(35)32(24)18-9-7-15(14-31)8-10-18)25(33)21-12-16-11-17(30)13-22(37-2)27(16)39-21/h4-13,24,34H,1-3H3. The number of methoxy groups -OCH3 is 3. The lowest BCUT2D eigenvalue weighted by atomic mass is 9.93. The molecule has 1 amide bonds. The van der Waals surface area contributed by atoms with E-state index in [0.29, 0.717) is 38.7 Å². The predicted molar refractivity (Wildman–Crippen MR) is 143 cm³/mol. The Morgan fingerprint density at radius 2 is 1.74 bits per heavy atom. The number of carbonyl (C=O) groups excluding carboxylic acids is 2. The van der Waals surface area contributed by atoms with E-state index >= 15 is 0 Å². The average Bonchev–Trinajstić information content (AvgIpc) is 3.50. The molecule has 0 spiro atoms. The summed E-state index contributed by atoms with van der Waals surface area (Å²) in [6.07, 6.45) is 0. The number of benzene rings is 3. The van der Waals surface area contributed by atoms with Crippen molar-refractivity contribution in [2.75, 3.05) is 26.2 Å². The van der Waals surface area contributed by atoms with Gasteiger partial charge in [-0.25, -0.2) is 0 Å². The lowest BCUT2D eigenvalue weighted by molar-refractivity contribution is -0.117. The molecule has 5 rings (SSSR count). The van der Waals surface area contributed by atoms with Crippen molar-refractivity contribution in [3.63, 3.8) is 0 Å². The largest absolute Gasteiger partial charge is 0.503 e. The van der Waals surface area contributed by atoms with Gasteiger partial charge in [0.25, 0.3) is 5.91 Å². The van der Waals surface area contributed by atoms with Crippen molar-refractivity contribution < 1.29 is 33.3 Å². The van der Waals surface area contributed by atoms with Crippen molar-refractivity contribution in [1.82, 2.24) is 0 Å². The molecule has 3 aromatic carbocycles. The molecule has 4 aromatic rings. The monoisotopic (exact) mass is 544 g/mol. The van der Waals surface area contributed by atoms with Crippen molar-refractivity contribution in [2.24, 2.45) is 0 Å². The van der Waals surface area contributed by atoms with Gasteiger partial charge in [-0.3, -0.25) is 14.5 Å². The van der Waals surface area contributed by atoms with Gasteiger partial charge in [0.1, 0.15) is 0 Å². The van der Waals surface area contributed by atoms with E-state index in [9.17, 15) is 20.0 Å². The van der Waals surface area contributed by atoms with E-state index in [1.54, 1.807) is 42.5 Å². The summed E-state index contributed by atoms with van der Waals surface area (Å²) >= 11 is 6.18. The quantitative estimate of drug-likeness (QED) is 0.291. The van der Waals surface area contributed by atoms with Gasteiger partial charge in [-0.05, 0) is 42.5 Å². The highest BCUT2D eigenvalue weighted by Gasteiger charge is 2.47. The van der Waals surface area contributed by atoms with Crippen LogP contribution in [-0.4, -0.2) is 38.1 Å². The molecule has 0 saturated carbocycles. The number of hydrogen-bond donors (Lipinski definition) is 1. The minimum Gasteiger partial charge on any atom is -0.503 e. The van der Waals surface area contributed by atoms with E-state index in [1.807, 2.05) is 6.07 Å². The molecule has 1 N–H and O–H groups in total. The van der Waals surface area contributed by atoms with Gasteiger partial charge in [0.05, 0.1) is 44.6 Å². The third-order valence-electron chi connectivity index (χ3n) is 6.45. The molecule has 39 heavy (non-hydrogen) atoms. The molecule has 0 radical (unpaired) electrons. The topological polar surface area (TPSA) is 122 Å². The molecular formula is C29H21ClN2O7. The van der Waals surface area contributed by atoms with E-state index in [1.165, 1.54) is 44.4 Å². The zero-order valence-corrected chi connectivity index (χ0v) is 21.8. The number of carbonyl (C=O) groups is 2. The Kier molecular flexibility index (Phi) is 6.64. The molecule has 1 aromatic heterocycles. The van der Waals surface area contributed by atoms with Gasteiger partial charge >= 0.3 is 0 Å². The third-order valence-corrected chi connectivity index (χ3v) is 6.66. The molecule has 0 saturated heterocycles. The second kappa shape index (κ2) is 10.1. The smallest absolute Gasteiger partial charge is 0.294 e. The van der Waals surface area contributed by atoms with Crippen LogP contribution in [0.4, 0.5) is 5.69 Å². The van der Waals surface area contributed by atoms with Crippen LogP contribution in [0, 0.1) is 11.3 Å². The molecule has 10 heteroatoms. The Labute approximate surface area is 228 Å². The van der Waals surface area contributed by atoms with Crippen LogP contribution in [-0.2, 0) is 4.79 Å². The molecule has 1 aliphatic rings. The number of rotatable bonds is 7. The first-order valence-corrected chi connectivity index (χ1v) is 12.0. The number of amides is 1. The summed E-state index contributed by atoms with van der Waals surface area (Å²) < 4.78 is 22.3. The predicted octanol–water partition coefficient (Wildman–Crippen LogP) is 5.77. The molecule has 9 nitrogen and oxygen atoms in total. The Morgan fingerprint density at radius 3 is 2.38 bits per heavy atom. The van der Waals surface area contributed by atoms with Crippen LogP contribution < -0.4 is 19.1 Å². The van der Waals surface area contributed by atoms with Crippen LogP contribution >= 0.6 is 11.6 Å². The molecule has 0 bridgehead atoms. The SMILES string of the molecule is COc1cccc(C2C(C(=O)c3cc4cc(Cl)cc(OC)c4o3)=C(O)C(=O)N2c2ccc(C#N)cc2)c1OC. The third kappa shape index (κ3) is 4.21. The summed E-state index contributed by atoms with van der Waals surface area (Å²) in [5.41, 5.74) is 1.18. The number of nitriles is 1. The molecule has 0 aliphatic carbocycles. The second-order valence-corrected chi connectivity index (χ2v) is 8.98. The highest BCUT2D eigenvalue weighted by Crippen LogP contribution is 2.47. The normalized spacial score (nSPS) is 15.0. The number of anilines is 1. The van der Waals surface area contributed by atoms with Crippen LogP contribution in [0.3, 0.4) is 0 Å². The Bertz CT molecular complexity index is 1700. The van der Waals surface area contributed by atoms with Crippen molar-refractivity contribution in [3.05, 3.63) is 93.9 Å². The maximum Gasteiger partial charge on any atom is 0.294 e. The molecule has 1 aliphatic heterocycles. The van der Waals surface area contributed by atoms with Gasteiger partial charge in [-0.1, -0.05) is 23.7 Å². The Hall–Kier alpha value is -4.94. The van der Waals surface area contributed by atoms with Crippen LogP contribution in [0.2, 0.25) is 5.02 Å². The van der Waals surface area contributed by atoms with Gasteiger partial charge in [0.2, 0.25) is 5.78 Å². The van der Waals surface area contributed by atoms with E-state index in [4.69, 9.17) is 30.2 Å². The minimum atomic E-state index is -1.12. The van der Waals surface area contributed by atoms with Crippen molar-refractivity contribution in [3.8, 4) is 23.3 Å². The van der Waals surface area contributed by atoms with E-state index in [-0.39, 0.29) is 22.7 Å². The number of halogens is 1. The first kappa shape index (κ1) is 25.7. The zero-order chi connectivity index (χ0) is 27.8. The number of hydrogen-bond acceptors (Lipinski definition) is 8. The molecule has 196 valence electrons. The van der Waals surface area contributed by atoms with Gasteiger partial charge in [-0.2, -0.15) is 5.26 Å². The van der Waals surface area contributed by atoms with Gasteiger partial charge in [-0.15, -0.1) is 0 Å². The lowest BCUT2D eigenvalue weighted by Crippen LogP contribution is -2.31. The number of aliphatic hydroxyl groups excluding tert-OH is 1. The number of ketones is 1. The minimum absolute atomic E-state index is 0.131. The summed E-state index contributed by atoms with van der Waals surface area (Å²) in [4.78, 5) is 28.8. The summed E-state index contributed by atoms with van der Waals surface area (Å²) in [6.45, 7) is 0. The first-order valence-electron chi connectivity index (χ1n) is 11.6. The Balaban J connectivity index is 1.72. The van der Waals surface area contributed by atoms with Crippen LogP contribution in [0.25, 0.3) is 11.0 Å². The molecule has 0 fully saturated rings. The Morgan fingerprint density at radius 1 is 1.03 bits per heavy atom. The van der Waals surface area contributed by atoms with Crippen LogP contribution in [0.15, 0.2) is 76.4 Å². The van der Waals surface area contributed by atoms with Crippen molar-refractivity contribution in [1.29, 1.82) is 5.26 Å². The number of aliphatic hydroxyl groups is 1. The maximum atomic E-state index is 14.0. The fraction of sp³-hybridized carbons (Fsp3) is 0.138. The number of para-hydroxylation sites is 1. The van der Waals surface area contributed by atoms with Gasteiger partial charge in [0.15, 0.2) is 34.4 Å². The summed E-state index contributed by atoms with van der Waals surface area (Å²) in [5.74, 6) is -1.45. The highest BCUT2D eigenvalue weighted by molar-refractivity contribution is 6.31. The zero-order valence-electron chi connectivity index (χ0n) is 21.0. The van der Waals surface area contributed by atoms with E-state index in [0.717, 1.165) is 0 Å². The van der Waals surface area contributed by atoms with Crippen molar-refractivity contribution >= 4 is 39.9 Å². The maximum absolute atomic E-state index is 14.0. The first-order chi connectivity index (χ1) is 18.8. The van der Waals surface area contributed by atoms with Gasteiger partial charge in [0, 0.05) is 27.7 Å². The molecule has 2 heterocycles. The van der Waals surface area contributed by atoms with E-state index < -0.39 is 23.5 Å². The van der Waals surface area contributed by atoms with E-state index in [2.05, 4.69) is 0 Å². The summed E-state index contributed by atoms with van der Waals surface area (Å²) in [6, 6.07) is 16.8. The van der Waals surface area contributed by atoms with Gasteiger partial charge < -0.3 is 23.7 Å². The van der Waals surface area contributed by atoms with Crippen LogP contribution in [0.5, 0.6) is 17.2 Å². The fourth-order valence-corrected chi connectivity index (χ4v) is 4.92. The van der Waals surface area contributed by atoms with Crippen LogP contribution in [0.1, 0.15) is 27.7 Å². The fourth-order valence-electron chi connectivity index (χ4n) is 4.70.